The van der Waals surface area contributed by atoms with Crippen molar-refractivity contribution in [3.8, 4) is 11.8 Å². The lowest BCUT2D eigenvalue weighted by Gasteiger charge is -1.95. The number of hydrogen-bond donors (Lipinski definition) is 0. The molecule has 0 unspecified atom stereocenters. The molecular weight excluding hydrogens is 136 g/mol. The monoisotopic (exact) mass is 153 g/mol. The molecule has 0 fully saturated rings. The molecule has 0 aliphatic carbocycles. The fraction of sp³-hybridized carbons (Fsp3) is 0.700. The lowest BCUT2D eigenvalue weighted by molar-refractivity contribution is 0.165. The van der Waals surface area contributed by atoms with E-state index in [1.807, 2.05) is 0 Å². The van der Waals surface area contributed by atoms with Crippen LogP contribution in [0.3, 0.4) is 0 Å². The van der Waals surface area contributed by atoms with Crippen LogP contribution in [0.2, 0.25) is 0 Å². The number of hydrogen-bond acceptors (Lipinski definition) is 1. The zero-order chi connectivity index (χ0) is 8.36. The van der Waals surface area contributed by atoms with Gasteiger partial charge in [0.2, 0.25) is 0 Å². The van der Waals surface area contributed by atoms with Gasteiger partial charge in [-0.2, -0.15) is 0 Å². The summed E-state index contributed by atoms with van der Waals surface area (Å²) in [5.41, 5.74) is 0. The third-order valence-electron chi connectivity index (χ3n) is 1.21. The van der Waals surface area contributed by atoms with Gasteiger partial charge in [-0.1, -0.05) is 26.2 Å². The van der Waals surface area contributed by atoms with Crippen LogP contribution < -0.4 is 0 Å². The maximum absolute atomic E-state index is 5.21. The molecule has 1 heteroatoms. The third kappa shape index (κ3) is 9.52. The predicted octanol–water partition coefficient (Wildman–Crippen LogP) is 2.42. The molecular formula is C10H17O. The van der Waals surface area contributed by atoms with E-state index in [9.17, 15) is 0 Å². The predicted molar refractivity (Wildman–Crippen MR) is 48.1 cm³/mol. The molecule has 1 radical (unpaired) electrons. The van der Waals surface area contributed by atoms with E-state index in [2.05, 4.69) is 25.7 Å². The maximum atomic E-state index is 5.21. The Morgan fingerprint density at radius 3 is 2.82 bits per heavy atom. The first-order chi connectivity index (χ1) is 5.41. The van der Waals surface area contributed by atoms with Gasteiger partial charge in [-0.15, -0.1) is 5.92 Å². The fourth-order valence-electron chi connectivity index (χ4n) is 0.592. The van der Waals surface area contributed by atoms with Crippen molar-refractivity contribution >= 4 is 0 Å². The van der Waals surface area contributed by atoms with Crippen molar-refractivity contribution in [2.45, 2.75) is 32.6 Å². The minimum atomic E-state index is 0.583. The van der Waals surface area contributed by atoms with Crippen LogP contribution in [0, 0.1) is 18.8 Å². The molecule has 0 N–H and O–H groups in total. The van der Waals surface area contributed by atoms with Gasteiger partial charge in [0, 0.05) is 13.0 Å². The average molecular weight is 153 g/mol. The Kier molecular flexibility index (Phi) is 9.10. The summed E-state index contributed by atoms with van der Waals surface area (Å²) >= 11 is 0. The van der Waals surface area contributed by atoms with Crippen LogP contribution in [-0.2, 0) is 4.74 Å². The van der Waals surface area contributed by atoms with Crippen molar-refractivity contribution in [2.75, 3.05) is 13.2 Å². The fourth-order valence-corrected chi connectivity index (χ4v) is 0.592. The second kappa shape index (κ2) is 9.52. The van der Waals surface area contributed by atoms with Crippen LogP contribution in [0.25, 0.3) is 0 Å². The quantitative estimate of drug-likeness (QED) is 0.435. The van der Waals surface area contributed by atoms with Gasteiger partial charge >= 0.3 is 0 Å². The summed E-state index contributed by atoms with van der Waals surface area (Å²) in [5, 5.41) is 0. The molecule has 0 aromatic heterocycles. The van der Waals surface area contributed by atoms with Crippen LogP contribution in [-0.4, -0.2) is 13.2 Å². The van der Waals surface area contributed by atoms with E-state index >= 15 is 0 Å². The van der Waals surface area contributed by atoms with E-state index in [0.29, 0.717) is 6.61 Å². The van der Waals surface area contributed by atoms with Gasteiger partial charge in [-0.05, 0) is 12.8 Å². The van der Waals surface area contributed by atoms with Gasteiger partial charge in [0.25, 0.3) is 0 Å². The smallest absolute Gasteiger partial charge is 0.107 e. The summed E-state index contributed by atoms with van der Waals surface area (Å²) in [6.07, 6.45) is 4.10. The van der Waals surface area contributed by atoms with Crippen molar-refractivity contribution in [1.82, 2.24) is 0 Å². The Morgan fingerprint density at radius 2 is 2.18 bits per heavy atom. The van der Waals surface area contributed by atoms with Gasteiger partial charge in [-0.25, -0.2) is 0 Å². The lowest BCUT2D eigenvalue weighted by atomic mass is 10.3. The van der Waals surface area contributed by atoms with Crippen LogP contribution in [0.5, 0.6) is 0 Å². The number of unbranched alkanes of at least 4 members (excludes halogenated alkanes) is 2. The van der Waals surface area contributed by atoms with Crippen LogP contribution in [0.4, 0.5) is 0 Å². The highest BCUT2D eigenvalue weighted by Crippen LogP contribution is 1.86. The first-order valence-electron chi connectivity index (χ1n) is 4.24. The molecule has 0 aromatic rings. The zero-order valence-electron chi connectivity index (χ0n) is 7.36. The molecule has 0 rings (SSSR count). The summed E-state index contributed by atoms with van der Waals surface area (Å²) in [5.74, 6) is 5.97. The van der Waals surface area contributed by atoms with Crippen LogP contribution in [0.1, 0.15) is 32.6 Å². The number of rotatable bonds is 5. The van der Waals surface area contributed by atoms with Crippen molar-refractivity contribution in [3.05, 3.63) is 6.92 Å². The SMILES string of the molecule is [CH2]CCCOCC#CCCC. The standard InChI is InChI=1S/C10H17O/c1-3-5-7-8-10-11-9-6-4-2/h2-6,9-10H2,1H3. The lowest BCUT2D eigenvalue weighted by Crippen LogP contribution is -1.93. The number of ether oxygens (including phenoxy) is 1. The van der Waals surface area contributed by atoms with Gasteiger partial charge in [0.05, 0.1) is 0 Å². The van der Waals surface area contributed by atoms with Crippen molar-refractivity contribution in [3.63, 3.8) is 0 Å². The Bertz CT molecular complexity index is 119. The van der Waals surface area contributed by atoms with Gasteiger partial charge < -0.3 is 4.74 Å². The van der Waals surface area contributed by atoms with E-state index in [1.165, 1.54) is 0 Å². The zero-order valence-corrected chi connectivity index (χ0v) is 7.36. The molecule has 0 amide bonds. The summed E-state index contributed by atoms with van der Waals surface area (Å²) in [7, 11) is 0. The van der Waals surface area contributed by atoms with E-state index in [1.54, 1.807) is 0 Å². The summed E-state index contributed by atoms with van der Waals surface area (Å²) in [6.45, 7) is 7.22. The molecule has 0 saturated heterocycles. The molecule has 11 heavy (non-hydrogen) atoms. The molecule has 0 spiro atoms. The minimum Gasteiger partial charge on any atom is -0.369 e. The van der Waals surface area contributed by atoms with Crippen LogP contribution in [0.15, 0.2) is 0 Å². The molecule has 0 saturated carbocycles. The highest BCUT2D eigenvalue weighted by molar-refractivity contribution is 4.98. The van der Waals surface area contributed by atoms with E-state index in [-0.39, 0.29) is 0 Å². The Hall–Kier alpha value is -0.480. The molecule has 0 bridgehead atoms. The molecule has 0 aliphatic rings. The highest BCUT2D eigenvalue weighted by atomic mass is 16.5. The Balaban J connectivity index is 2.96. The van der Waals surface area contributed by atoms with Crippen molar-refractivity contribution in [2.24, 2.45) is 0 Å². The minimum absolute atomic E-state index is 0.583. The molecule has 1 nitrogen and oxygen atoms in total. The molecule has 0 atom stereocenters. The topological polar surface area (TPSA) is 9.23 Å². The summed E-state index contributed by atoms with van der Waals surface area (Å²) < 4.78 is 5.21. The normalized spacial score (nSPS) is 8.91. The molecule has 0 aromatic carbocycles. The first-order valence-corrected chi connectivity index (χ1v) is 4.24. The van der Waals surface area contributed by atoms with E-state index in [0.717, 1.165) is 32.3 Å². The summed E-state index contributed by atoms with van der Waals surface area (Å²) in [6, 6.07) is 0. The molecule has 63 valence electrons. The Labute approximate surface area is 70.1 Å². The summed E-state index contributed by atoms with van der Waals surface area (Å²) in [4.78, 5) is 0. The van der Waals surface area contributed by atoms with Gasteiger partial charge in [0.1, 0.15) is 6.61 Å². The first kappa shape index (κ1) is 10.5. The highest BCUT2D eigenvalue weighted by Gasteiger charge is 1.81. The Morgan fingerprint density at radius 1 is 1.36 bits per heavy atom. The van der Waals surface area contributed by atoms with Gasteiger partial charge in [-0.3, -0.25) is 0 Å². The van der Waals surface area contributed by atoms with Crippen molar-refractivity contribution < 1.29 is 4.74 Å². The largest absolute Gasteiger partial charge is 0.369 e. The van der Waals surface area contributed by atoms with E-state index in [4.69, 9.17) is 4.74 Å². The second-order valence-electron chi connectivity index (χ2n) is 2.36. The maximum Gasteiger partial charge on any atom is 0.107 e. The average Bonchev–Trinajstić information content (AvgIpc) is 2.03. The van der Waals surface area contributed by atoms with Gasteiger partial charge in [0.15, 0.2) is 0 Å². The van der Waals surface area contributed by atoms with E-state index < -0.39 is 0 Å². The van der Waals surface area contributed by atoms with Crippen LogP contribution >= 0.6 is 0 Å². The molecule has 0 heterocycles. The molecule has 0 aliphatic heterocycles. The second-order valence-corrected chi connectivity index (χ2v) is 2.36. The third-order valence-corrected chi connectivity index (χ3v) is 1.21. The van der Waals surface area contributed by atoms with Crippen molar-refractivity contribution in [1.29, 1.82) is 0 Å².